The zero-order chi connectivity index (χ0) is 18.6. The highest BCUT2D eigenvalue weighted by Gasteiger charge is 2.27. The van der Waals surface area contributed by atoms with Crippen molar-refractivity contribution in [3.8, 4) is 10.6 Å². The van der Waals surface area contributed by atoms with Crippen molar-refractivity contribution >= 4 is 43.8 Å². The van der Waals surface area contributed by atoms with E-state index >= 15 is 0 Å². The number of carbonyl (C=O) groups is 1. The fraction of sp³-hybridized carbons (Fsp3) is 0.455. The SMILES string of the molecule is CCCCC1CCC(C(=O)Nc2sccc2-c2nc3ccccc3s2)CC1. The minimum absolute atomic E-state index is 0.160. The van der Waals surface area contributed by atoms with Crippen molar-refractivity contribution in [2.75, 3.05) is 5.32 Å². The molecule has 1 aromatic carbocycles. The summed E-state index contributed by atoms with van der Waals surface area (Å²) < 4.78 is 1.18. The molecule has 3 nitrogen and oxygen atoms in total. The molecule has 1 amide bonds. The molecule has 0 saturated heterocycles. The van der Waals surface area contributed by atoms with Crippen molar-refractivity contribution in [3.05, 3.63) is 35.7 Å². The van der Waals surface area contributed by atoms with E-state index in [9.17, 15) is 4.79 Å². The number of anilines is 1. The molecular formula is C22H26N2OS2. The van der Waals surface area contributed by atoms with Gasteiger partial charge in [-0.05, 0) is 55.2 Å². The number of thiazole rings is 1. The van der Waals surface area contributed by atoms with Crippen LogP contribution in [-0.4, -0.2) is 10.9 Å². The van der Waals surface area contributed by atoms with Crippen molar-refractivity contribution in [1.82, 2.24) is 4.98 Å². The van der Waals surface area contributed by atoms with Crippen molar-refractivity contribution in [2.45, 2.75) is 51.9 Å². The number of rotatable bonds is 6. The van der Waals surface area contributed by atoms with Gasteiger partial charge in [-0.2, -0.15) is 0 Å². The molecule has 142 valence electrons. The van der Waals surface area contributed by atoms with Crippen molar-refractivity contribution in [2.24, 2.45) is 11.8 Å². The normalized spacial score (nSPS) is 20.0. The van der Waals surface area contributed by atoms with Crippen LogP contribution in [0.25, 0.3) is 20.8 Å². The summed E-state index contributed by atoms with van der Waals surface area (Å²) in [4.78, 5) is 17.6. The van der Waals surface area contributed by atoms with Crippen LogP contribution >= 0.6 is 22.7 Å². The van der Waals surface area contributed by atoms with Gasteiger partial charge in [-0.3, -0.25) is 4.79 Å². The third kappa shape index (κ3) is 4.25. The summed E-state index contributed by atoms with van der Waals surface area (Å²) in [6.07, 6.45) is 8.39. The van der Waals surface area contributed by atoms with Crippen LogP contribution in [0, 0.1) is 11.8 Å². The number of hydrogen-bond acceptors (Lipinski definition) is 4. The molecule has 0 radical (unpaired) electrons. The molecule has 2 heterocycles. The van der Waals surface area contributed by atoms with Crippen LogP contribution in [0.3, 0.4) is 0 Å². The van der Waals surface area contributed by atoms with Crippen LogP contribution in [0.5, 0.6) is 0 Å². The summed E-state index contributed by atoms with van der Waals surface area (Å²) in [5.74, 6) is 1.18. The second-order valence-electron chi connectivity index (χ2n) is 7.50. The first kappa shape index (κ1) is 18.6. The van der Waals surface area contributed by atoms with E-state index in [0.717, 1.165) is 39.8 Å². The predicted molar refractivity (Wildman–Crippen MR) is 117 cm³/mol. The quantitative estimate of drug-likeness (QED) is 0.487. The molecule has 0 atom stereocenters. The average Bonchev–Trinajstić information content (AvgIpc) is 3.33. The van der Waals surface area contributed by atoms with E-state index in [-0.39, 0.29) is 11.8 Å². The van der Waals surface area contributed by atoms with E-state index in [0.29, 0.717) is 0 Å². The molecule has 1 aliphatic rings. The van der Waals surface area contributed by atoms with E-state index in [4.69, 9.17) is 4.98 Å². The number of carbonyl (C=O) groups excluding carboxylic acids is 1. The monoisotopic (exact) mass is 398 g/mol. The van der Waals surface area contributed by atoms with Crippen LogP contribution in [-0.2, 0) is 4.79 Å². The molecule has 1 aliphatic carbocycles. The average molecular weight is 399 g/mol. The number of aromatic nitrogens is 1. The maximum atomic E-state index is 12.8. The van der Waals surface area contributed by atoms with Crippen LogP contribution in [0.1, 0.15) is 51.9 Å². The molecule has 0 aliphatic heterocycles. The second-order valence-corrected chi connectivity index (χ2v) is 9.45. The van der Waals surface area contributed by atoms with Gasteiger partial charge in [0.05, 0.1) is 10.2 Å². The first-order chi connectivity index (χ1) is 13.2. The molecule has 1 N–H and O–H groups in total. The van der Waals surface area contributed by atoms with Gasteiger partial charge in [0.2, 0.25) is 5.91 Å². The summed E-state index contributed by atoms with van der Waals surface area (Å²) >= 11 is 3.28. The Labute approximate surface area is 168 Å². The number of amides is 1. The Hall–Kier alpha value is -1.72. The summed E-state index contributed by atoms with van der Waals surface area (Å²) in [5.41, 5.74) is 2.07. The van der Waals surface area contributed by atoms with Crippen molar-refractivity contribution in [3.63, 3.8) is 0 Å². The topological polar surface area (TPSA) is 42.0 Å². The molecule has 2 aromatic heterocycles. The standard InChI is InChI=1S/C22H26N2OS2/c1-2-3-6-15-9-11-16(12-10-15)20(25)24-21-17(13-14-26-21)22-23-18-7-4-5-8-19(18)27-22/h4-5,7-8,13-16H,2-3,6,9-12H2,1H3,(H,24,25). The summed E-state index contributed by atoms with van der Waals surface area (Å²) in [5, 5.41) is 7.17. The van der Waals surface area contributed by atoms with Crippen LogP contribution in [0.4, 0.5) is 5.00 Å². The number of unbranched alkanes of at least 4 members (excludes halogenated alkanes) is 1. The first-order valence-corrected chi connectivity index (χ1v) is 11.7. The number of nitrogens with zero attached hydrogens (tertiary/aromatic N) is 1. The lowest BCUT2D eigenvalue weighted by atomic mass is 9.79. The van der Waals surface area contributed by atoms with Gasteiger partial charge in [0.1, 0.15) is 10.0 Å². The molecule has 0 bridgehead atoms. The fourth-order valence-electron chi connectivity index (χ4n) is 3.98. The van der Waals surface area contributed by atoms with Gasteiger partial charge in [-0.25, -0.2) is 4.98 Å². The zero-order valence-electron chi connectivity index (χ0n) is 15.7. The molecule has 4 rings (SSSR count). The smallest absolute Gasteiger partial charge is 0.228 e. The lowest BCUT2D eigenvalue weighted by Crippen LogP contribution is -2.27. The molecule has 27 heavy (non-hydrogen) atoms. The maximum Gasteiger partial charge on any atom is 0.228 e. The summed E-state index contributed by atoms with van der Waals surface area (Å²) in [6.45, 7) is 2.25. The number of hydrogen-bond donors (Lipinski definition) is 1. The van der Waals surface area contributed by atoms with E-state index in [1.807, 2.05) is 23.6 Å². The molecular weight excluding hydrogens is 372 g/mol. The number of nitrogens with one attached hydrogen (secondary N) is 1. The van der Waals surface area contributed by atoms with Gasteiger partial charge in [0.25, 0.3) is 0 Å². The molecule has 1 fully saturated rings. The maximum absolute atomic E-state index is 12.8. The molecule has 1 saturated carbocycles. The third-order valence-electron chi connectivity index (χ3n) is 5.61. The number of thiophene rings is 1. The van der Waals surface area contributed by atoms with Gasteiger partial charge in [0, 0.05) is 11.5 Å². The van der Waals surface area contributed by atoms with Gasteiger partial charge in [0.15, 0.2) is 0 Å². The highest BCUT2D eigenvalue weighted by atomic mass is 32.1. The number of para-hydroxylation sites is 1. The van der Waals surface area contributed by atoms with Gasteiger partial charge in [-0.1, -0.05) is 38.3 Å². The molecule has 5 heteroatoms. The molecule has 0 unspecified atom stereocenters. The Bertz CT molecular complexity index is 873. The second kappa shape index (κ2) is 8.53. The van der Waals surface area contributed by atoms with Crippen molar-refractivity contribution in [1.29, 1.82) is 0 Å². The number of fused-ring (bicyclic) bond motifs is 1. The van der Waals surface area contributed by atoms with Crippen LogP contribution in [0.15, 0.2) is 35.7 Å². The lowest BCUT2D eigenvalue weighted by Gasteiger charge is -2.27. The van der Waals surface area contributed by atoms with E-state index < -0.39 is 0 Å². The van der Waals surface area contributed by atoms with E-state index in [2.05, 4.69) is 24.4 Å². The Morgan fingerprint density at radius 3 is 2.78 bits per heavy atom. The van der Waals surface area contributed by atoms with Gasteiger partial charge in [-0.15, -0.1) is 22.7 Å². The van der Waals surface area contributed by atoms with E-state index in [1.54, 1.807) is 22.7 Å². The predicted octanol–water partition coefficient (Wildman–Crippen LogP) is 6.96. The summed E-state index contributed by atoms with van der Waals surface area (Å²) in [6, 6.07) is 10.3. The Morgan fingerprint density at radius 1 is 1.19 bits per heavy atom. The highest BCUT2D eigenvalue weighted by Crippen LogP contribution is 2.39. The van der Waals surface area contributed by atoms with E-state index in [1.165, 1.54) is 36.8 Å². The fourth-order valence-corrected chi connectivity index (χ4v) is 5.84. The largest absolute Gasteiger partial charge is 0.317 e. The van der Waals surface area contributed by atoms with Crippen LogP contribution in [0.2, 0.25) is 0 Å². The minimum atomic E-state index is 0.160. The van der Waals surface area contributed by atoms with Gasteiger partial charge < -0.3 is 5.32 Å². The minimum Gasteiger partial charge on any atom is -0.317 e. The first-order valence-electron chi connectivity index (χ1n) is 9.99. The molecule has 3 aromatic rings. The van der Waals surface area contributed by atoms with Crippen molar-refractivity contribution < 1.29 is 4.79 Å². The highest BCUT2D eigenvalue weighted by molar-refractivity contribution is 7.22. The Balaban J connectivity index is 1.42. The lowest BCUT2D eigenvalue weighted by molar-refractivity contribution is -0.121. The van der Waals surface area contributed by atoms with Gasteiger partial charge >= 0.3 is 0 Å². The zero-order valence-corrected chi connectivity index (χ0v) is 17.4. The Morgan fingerprint density at radius 2 is 2.00 bits per heavy atom. The molecule has 0 spiro atoms. The Kier molecular flexibility index (Phi) is 5.89. The number of benzene rings is 1. The third-order valence-corrected chi connectivity index (χ3v) is 7.51. The summed E-state index contributed by atoms with van der Waals surface area (Å²) in [7, 11) is 0. The van der Waals surface area contributed by atoms with Crippen LogP contribution < -0.4 is 5.32 Å².